The minimum Gasteiger partial charge on any atom is -0.336 e. The molecule has 0 aromatic heterocycles. The van der Waals surface area contributed by atoms with Crippen LogP contribution in [-0.2, 0) is 10.0 Å². The van der Waals surface area contributed by atoms with Gasteiger partial charge >= 0.3 is 0 Å². The van der Waals surface area contributed by atoms with Crippen molar-refractivity contribution in [2.45, 2.75) is 30.7 Å². The lowest BCUT2D eigenvalue weighted by atomic mass is 10.1. The van der Waals surface area contributed by atoms with E-state index in [-0.39, 0.29) is 16.1 Å². The maximum absolute atomic E-state index is 14.3. The second kappa shape index (κ2) is 5.42. The SMILES string of the molecule is CC1CCCN1C(=O)c1cc(Br)cc(S(N)(=O)=O)c1F. The number of amides is 1. The van der Waals surface area contributed by atoms with Crippen LogP contribution in [0.25, 0.3) is 0 Å². The molecule has 0 radical (unpaired) electrons. The Hall–Kier alpha value is -0.990. The first-order chi connectivity index (χ1) is 9.21. The molecule has 1 saturated heterocycles. The van der Waals surface area contributed by atoms with Gasteiger partial charge in [0.05, 0.1) is 5.56 Å². The van der Waals surface area contributed by atoms with Gasteiger partial charge in [-0.15, -0.1) is 0 Å². The predicted octanol–water partition coefficient (Wildman–Crippen LogP) is 1.86. The first kappa shape index (κ1) is 15.4. The third-order valence-corrected chi connectivity index (χ3v) is 4.72. The number of nitrogens with zero attached hydrogens (tertiary/aromatic N) is 1. The predicted molar refractivity (Wildman–Crippen MR) is 75.2 cm³/mol. The molecule has 1 aromatic rings. The molecule has 1 atom stereocenters. The number of carbonyl (C=O) groups excluding carboxylic acids is 1. The van der Waals surface area contributed by atoms with Crippen LogP contribution in [0.15, 0.2) is 21.5 Å². The summed E-state index contributed by atoms with van der Waals surface area (Å²) >= 11 is 3.07. The molecule has 0 bridgehead atoms. The number of primary sulfonamides is 1. The van der Waals surface area contributed by atoms with Gasteiger partial charge in [0.15, 0.2) is 5.82 Å². The monoisotopic (exact) mass is 364 g/mol. The summed E-state index contributed by atoms with van der Waals surface area (Å²) in [7, 11) is -4.22. The Morgan fingerprint density at radius 1 is 1.50 bits per heavy atom. The van der Waals surface area contributed by atoms with E-state index in [0.29, 0.717) is 6.54 Å². The number of rotatable bonds is 2. The second-order valence-corrected chi connectivity index (χ2v) is 7.25. The van der Waals surface area contributed by atoms with E-state index in [1.807, 2.05) is 6.92 Å². The average molecular weight is 365 g/mol. The van der Waals surface area contributed by atoms with Gasteiger partial charge in [0.25, 0.3) is 5.91 Å². The highest BCUT2D eigenvalue weighted by atomic mass is 79.9. The van der Waals surface area contributed by atoms with Crippen molar-refractivity contribution in [3.8, 4) is 0 Å². The smallest absolute Gasteiger partial charge is 0.257 e. The quantitative estimate of drug-likeness (QED) is 0.869. The first-order valence-electron chi connectivity index (χ1n) is 6.04. The standard InChI is InChI=1S/C12H14BrFN2O3S/c1-7-3-2-4-16(7)12(17)9-5-8(13)6-10(11(9)14)20(15,18)19/h5-7H,2-4H2,1H3,(H2,15,18,19). The molecule has 1 aliphatic rings. The van der Waals surface area contributed by atoms with Gasteiger partial charge in [-0.05, 0) is 31.9 Å². The van der Waals surface area contributed by atoms with Gasteiger partial charge in [-0.1, -0.05) is 15.9 Å². The van der Waals surface area contributed by atoms with Gasteiger partial charge in [-0.25, -0.2) is 17.9 Å². The third kappa shape index (κ3) is 2.87. The molecule has 0 saturated carbocycles. The van der Waals surface area contributed by atoms with Crippen molar-refractivity contribution >= 4 is 31.9 Å². The number of carbonyl (C=O) groups is 1. The number of hydrogen-bond donors (Lipinski definition) is 1. The van der Waals surface area contributed by atoms with Crippen molar-refractivity contribution in [1.82, 2.24) is 4.90 Å². The molecule has 1 fully saturated rings. The molecule has 1 heterocycles. The summed E-state index contributed by atoms with van der Waals surface area (Å²) in [5, 5.41) is 4.96. The summed E-state index contributed by atoms with van der Waals surface area (Å²) in [6.07, 6.45) is 1.70. The molecular weight excluding hydrogens is 351 g/mol. The van der Waals surface area contributed by atoms with Crippen LogP contribution in [0.4, 0.5) is 4.39 Å². The fourth-order valence-corrected chi connectivity index (χ4v) is 3.58. The number of sulfonamides is 1. The van der Waals surface area contributed by atoms with E-state index in [4.69, 9.17) is 5.14 Å². The van der Waals surface area contributed by atoms with Gasteiger partial charge in [-0.3, -0.25) is 4.79 Å². The minimum absolute atomic E-state index is 0.0128. The van der Waals surface area contributed by atoms with Crippen molar-refractivity contribution in [2.24, 2.45) is 5.14 Å². The molecule has 0 aliphatic carbocycles. The van der Waals surface area contributed by atoms with E-state index >= 15 is 0 Å². The van der Waals surface area contributed by atoms with Crippen molar-refractivity contribution in [3.05, 3.63) is 28.0 Å². The summed E-state index contributed by atoms with van der Waals surface area (Å²) < 4.78 is 37.3. The van der Waals surface area contributed by atoms with E-state index in [1.54, 1.807) is 0 Å². The van der Waals surface area contributed by atoms with E-state index in [2.05, 4.69) is 15.9 Å². The first-order valence-corrected chi connectivity index (χ1v) is 8.38. The van der Waals surface area contributed by atoms with Crippen LogP contribution >= 0.6 is 15.9 Å². The van der Waals surface area contributed by atoms with E-state index in [9.17, 15) is 17.6 Å². The van der Waals surface area contributed by atoms with Gasteiger partial charge in [0.2, 0.25) is 10.0 Å². The number of likely N-dealkylation sites (tertiary alicyclic amines) is 1. The van der Waals surface area contributed by atoms with Crippen LogP contribution in [0.5, 0.6) is 0 Å². The Balaban J connectivity index is 2.52. The molecule has 2 N–H and O–H groups in total. The highest BCUT2D eigenvalue weighted by Crippen LogP contribution is 2.27. The summed E-state index contributed by atoms with van der Waals surface area (Å²) in [5.74, 6) is -1.61. The van der Waals surface area contributed by atoms with E-state index in [1.165, 1.54) is 11.0 Å². The highest BCUT2D eigenvalue weighted by molar-refractivity contribution is 9.10. The van der Waals surface area contributed by atoms with Crippen LogP contribution in [0.2, 0.25) is 0 Å². The van der Waals surface area contributed by atoms with E-state index < -0.39 is 26.6 Å². The topological polar surface area (TPSA) is 80.5 Å². The molecular formula is C12H14BrFN2O3S. The number of halogens is 2. The zero-order chi connectivity index (χ0) is 15.1. The number of hydrogen-bond acceptors (Lipinski definition) is 3. The lowest BCUT2D eigenvalue weighted by molar-refractivity contribution is 0.0742. The molecule has 1 amide bonds. The fourth-order valence-electron chi connectivity index (χ4n) is 2.32. The summed E-state index contributed by atoms with van der Waals surface area (Å²) in [6, 6.07) is 2.34. The Kier molecular flexibility index (Phi) is 4.17. The third-order valence-electron chi connectivity index (χ3n) is 3.35. The molecule has 1 aliphatic heterocycles. The van der Waals surface area contributed by atoms with E-state index in [0.717, 1.165) is 18.9 Å². The van der Waals surface area contributed by atoms with Crippen LogP contribution in [-0.4, -0.2) is 31.8 Å². The maximum atomic E-state index is 14.3. The molecule has 0 spiro atoms. The van der Waals surface area contributed by atoms with Crippen molar-refractivity contribution in [3.63, 3.8) is 0 Å². The Morgan fingerprint density at radius 3 is 2.65 bits per heavy atom. The zero-order valence-corrected chi connectivity index (χ0v) is 13.2. The molecule has 1 unspecified atom stereocenters. The molecule has 110 valence electrons. The van der Waals surface area contributed by atoms with Crippen molar-refractivity contribution in [1.29, 1.82) is 0 Å². The average Bonchev–Trinajstić information content (AvgIpc) is 2.75. The van der Waals surface area contributed by atoms with Crippen molar-refractivity contribution < 1.29 is 17.6 Å². The van der Waals surface area contributed by atoms with Gasteiger partial charge in [0, 0.05) is 17.1 Å². The zero-order valence-electron chi connectivity index (χ0n) is 10.8. The lowest BCUT2D eigenvalue weighted by Gasteiger charge is -2.22. The van der Waals surface area contributed by atoms with Crippen LogP contribution in [0, 0.1) is 5.82 Å². The largest absolute Gasteiger partial charge is 0.336 e. The van der Waals surface area contributed by atoms with Crippen molar-refractivity contribution in [2.75, 3.05) is 6.54 Å². The number of benzene rings is 1. The van der Waals surface area contributed by atoms with Crippen LogP contribution in [0.3, 0.4) is 0 Å². The fraction of sp³-hybridized carbons (Fsp3) is 0.417. The Labute approximate surface area is 125 Å². The van der Waals surface area contributed by atoms with Gasteiger partial charge < -0.3 is 4.90 Å². The van der Waals surface area contributed by atoms with Gasteiger partial charge in [0.1, 0.15) is 4.90 Å². The summed E-state index contributed by atoms with van der Waals surface area (Å²) in [4.78, 5) is 13.2. The molecule has 2 rings (SSSR count). The maximum Gasteiger partial charge on any atom is 0.257 e. The van der Waals surface area contributed by atoms with Crippen LogP contribution < -0.4 is 5.14 Å². The molecule has 20 heavy (non-hydrogen) atoms. The summed E-state index contributed by atoms with van der Waals surface area (Å²) in [5.41, 5.74) is -0.280. The minimum atomic E-state index is -4.22. The summed E-state index contributed by atoms with van der Waals surface area (Å²) in [6.45, 7) is 2.41. The Morgan fingerprint density at radius 2 is 2.15 bits per heavy atom. The lowest BCUT2D eigenvalue weighted by Crippen LogP contribution is -2.34. The van der Waals surface area contributed by atoms with Crippen LogP contribution in [0.1, 0.15) is 30.1 Å². The Bertz CT molecular complexity index is 663. The second-order valence-electron chi connectivity index (χ2n) is 4.80. The molecule has 5 nitrogen and oxygen atoms in total. The normalized spacial score (nSPS) is 19.4. The molecule has 8 heteroatoms. The number of nitrogens with two attached hydrogens (primary N) is 1. The molecule has 1 aromatic carbocycles. The van der Waals surface area contributed by atoms with Gasteiger partial charge in [-0.2, -0.15) is 0 Å². The highest BCUT2D eigenvalue weighted by Gasteiger charge is 2.30.